The van der Waals surface area contributed by atoms with Crippen molar-refractivity contribution in [2.45, 2.75) is 39.5 Å². The number of nitriles is 1. The minimum Gasteiger partial charge on any atom is -0.303 e. The van der Waals surface area contributed by atoms with Crippen LogP contribution in [0.25, 0.3) is 0 Å². The lowest BCUT2D eigenvalue weighted by molar-refractivity contribution is 0.163. The first kappa shape index (κ1) is 12.6. The van der Waals surface area contributed by atoms with E-state index in [1.807, 2.05) is 0 Å². The molecule has 2 heteroatoms. The van der Waals surface area contributed by atoms with Gasteiger partial charge in [0, 0.05) is 12.5 Å². The van der Waals surface area contributed by atoms with Crippen molar-refractivity contribution in [3.8, 4) is 6.07 Å². The lowest BCUT2D eigenvalue weighted by Gasteiger charge is -2.36. The molecule has 0 unspecified atom stereocenters. The lowest BCUT2D eigenvalue weighted by Crippen LogP contribution is -2.39. The van der Waals surface area contributed by atoms with E-state index in [-0.39, 0.29) is 0 Å². The van der Waals surface area contributed by atoms with Gasteiger partial charge in [-0.1, -0.05) is 18.6 Å². The lowest BCUT2D eigenvalue weighted by atomic mass is 9.79. The molecule has 0 N–H and O–H groups in total. The van der Waals surface area contributed by atoms with Gasteiger partial charge in [0.1, 0.15) is 0 Å². The van der Waals surface area contributed by atoms with Gasteiger partial charge in [-0.2, -0.15) is 5.26 Å². The van der Waals surface area contributed by atoms with Crippen LogP contribution in [0.1, 0.15) is 39.5 Å². The minimum atomic E-state index is 0.312. The Kier molecular flexibility index (Phi) is 4.23. The topological polar surface area (TPSA) is 27.0 Å². The summed E-state index contributed by atoms with van der Waals surface area (Å²) in [5, 5.41) is 8.91. The molecule has 0 spiro atoms. The third-order valence-electron chi connectivity index (χ3n) is 4.59. The van der Waals surface area contributed by atoms with Crippen LogP contribution in [0.5, 0.6) is 0 Å². The third-order valence-corrected chi connectivity index (χ3v) is 4.59. The van der Waals surface area contributed by atoms with Crippen LogP contribution >= 0.6 is 0 Å². The van der Waals surface area contributed by atoms with Gasteiger partial charge in [-0.25, -0.2) is 0 Å². The Balaban J connectivity index is 1.87. The monoisotopic (exact) mass is 232 g/mol. The summed E-state index contributed by atoms with van der Waals surface area (Å²) in [5.74, 6) is 1.89. The summed E-state index contributed by atoms with van der Waals surface area (Å²) >= 11 is 0. The third kappa shape index (κ3) is 3.10. The number of allylic oxidation sites excluding steroid dienone is 1. The van der Waals surface area contributed by atoms with E-state index in [1.54, 1.807) is 5.57 Å². The van der Waals surface area contributed by atoms with E-state index >= 15 is 0 Å². The molecule has 2 nitrogen and oxygen atoms in total. The summed E-state index contributed by atoms with van der Waals surface area (Å²) in [6.07, 6.45) is 7.17. The summed E-state index contributed by atoms with van der Waals surface area (Å²) in [7, 11) is 0. The molecule has 1 aliphatic heterocycles. The highest BCUT2D eigenvalue weighted by atomic mass is 15.1. The maximum Gasteiger partial charge on any atom is 0.0656 e. The van der Waals surface area contributed by atoms with Crippen molar-refractivity contribution in [1.82, 2.24) is 4.90 Å². The van der Waals surface area contributed by atoms with Gasteiger partial charge in [0.25, 0.3) is 0 Å². The molecule has 0 aromatic carbocycles. The summed E-state index contributed by atoms with van der Waals surface area (Å²) in [5.41, 5.74) is 1.59. The Labute approximate surface area is 105 Å². The van der Waals surface area contributed by atoms with Gasteiger partial charge in [-0.05, 0) is 57.5 Å². The van der Waals surface area contributed by atoms with Gasteiger partial charge in [-0.3, -0.25) is 0 Å². The molecule has 0 saturated carbocycles. The van der Waals surface area contributed by atoms with E-state index in [2.05, 4.69) is 30.9 Å². The van der Waals surface area contributed by atoms with Gasteiger partial charge >= 0.3 is 0 Å². The minimum absolute atomic E-state index is 0.312. The van der Waals surface area contributed by atoms with Gasteiger partial charge in [0.05, 0.1) is 6.07 Å². The molecule has 0 amide bonds. The SMILES string of the molecule is CC1=CCC[C@H](C)[C@H]1CN1CCC(C#N)CC1. The first-order valence-electron chi connectivity index (χ1n) is 6.99. The number of likely N-dealkylation sites (tertiary alicyclic amines) is 1. The zero-order valence-corrected chi connectivity index (χ0v) is 11.2. The Morgan fingerprint density at radius 3 is 2.65 bits per heavy atom. The molecule has 2 rings (SSSR count). The molecule has 0 aromatic heterocycles. The molecule has 1 aliphatic carbocycles. The number of rotatable bonds is 2. The standard InChI is InChI=1S/C15H24N2/c1-12-4-3-5-13(2)15(12)11-17-8-6-14(10-16)7-9-17/h4,13-15H,3,5-9,11H2,1-2H3/t13-,15-/m0/s1. The average molecular weight is 232 g/mol. The molecule has 1 fully saturated rings. The number of nitrogens with zero attached hydrogens (tertiary/aromatic N) is 2. The highest BCUT2D eigenvalue weighted by Crippen LogP contribution is 2.31. The van der Waals surface area contributed by atoms with Crippen LogP contribution in [0, 0.1) is 29.1 Å². The molecule has 0 aromatic rings. The highest BCUT2D eigenvalue weighted by molar-refractivity contribution is 5.09. The van der Waals surface area contributed by atoms with Crippen LogP contribution in [0.3, 0.4) is 0 Å². The fraction of sp³-hybridized carbons (Fsp3) is 0.800. The fourth-order valence-electron chi connectivity index (χ4n) is 3.22. The predicted molar refractivity (Wildman–Crippen MR) is 70.4 cm³/mol. The van der Waals surface area contributed by atoms with E-state index in [4.69, 9.17) is 5.26 Å². The van der Waals surface area contributed by atoms with Crippen LogP contribution in [0.2, 0.25) is 0 Å². The largest absolute Gasteiger partial charge is 0.303 e. The fourth-order valence-corrected chi connectivity index (χ4v) is 3.22. The molecule has 94 valence electrons. The van der Waals surface area contributed by atoms with E-state index in [1.165, 1.54) is 19.4 Å². The Bertz CT molecular complexity index is 318. The molecule has 17 heavy (non-hydrogen) atoms. The van der Waals surface area contributed by atoms with Crippen molar-refractivity contribution in [2.24, 2.45) is 17.8 Å². The van der Waals surface area contributed by atoms with Gasteiger partial charge < -0.3 is 4.90 Å². The maximum absolute atomic E-state index is 8.91. The molecule has 1 saturated heterocycles. The second-order valence-corrected chi connectivity index (χ2v) is 5.81. The maximum atomic E-state index is 8.91. The Morgan fingerprint density at radius 1 is 1.35 bits per heavy atom. The van der Waals surface area contributed by atoms with Crippen LogP contribution in [-0.2, 0) is 0 Å². The van der Waals surface area contributed by atoms with E-state index < -0.39 is 0 Å². The summed E-state index contributed by atoms with van der Waals surface area (Å²) in [6, 6.07) is 2.41. The van der Waals surface area contributed by atoms with Gasteiger partial charge in [0.15, 0.2) is 0 Å². The zero-order valence-electron chi connectivity index (χ0n) is 11.2. The summed E-state index contributed by atoms with van der Waals surface area (Å²) in [6.45, 7) is 8.14. The number of hydrogen-bond donors (Lipinski definition) is 0. The van der Waals surface area contributed by atoms with Gasteiger partial charge in [-0.15, -0.1) is 0 Å². The Morgan fingerprint density at radius 2 is 2.06 bits per heavy atom. The quantitative estimate of drug-likeness (QED) is 0.684. The first-order chi connectivity index (χ1) is 8.20. The van der Waals surface area contributed by atoms with Crippen LogP contribution < -0.4 is 0 Å². The van der Waals surface area contributed by atoms with Crippen molar-refractivity contribution in [3.05, 3.63) is 11.6 Å². The molecule has 0 radical (unpaired) electrons. The Hall–Kier alpha value is -0.810. The summed E-state index contributed by atoms with van der Waals surface area (Å²) < 4.78 is 0. The van der Waals surface area contributed by atoms with E-state index in [0.29, 0.717) is 5.92 Å². The predicted octanol–water partition coefficient (Wildman–Crippen LogP) is 3.21. The molecule has 2 atom stereocenters. The highest BCUT2D eigenvalue weighted by Gasteiger charge is 2.26. The van der Waals surface area contributed by atoms with Crippen molar-refractivity contribution < 1.29 is 0 Å². The van der Waals surface area contributed by atoms with Crippen LogP contribution in [0.4, 0.5) is 0 Å². The van der Waals surface area contributed by atoms with Crippen molar-refractivity contribution in [1.29, 1.82) is 5.26 Å². The first-order valence-corrected chi connectivity index (χ1v) is 6.99. The smallest absolute Gasteiger partial charge is 0.0656 e. The molecular weight excluding hydrogens is 208 g/mol. The van der Waals surface area contributed by atoms with E-state index in [9.17, 15) is 0 Å². The molecule has 2 aliphatic rings. The van der Waals surface area contributed by atoms with Crippen molar-refractivity contribution >= 4 is 0 Å². The van der Waals surface area contributed by atoms with Crippen LogP contribution in [0.15, 0.2) is 11.6 Å². The summed E-state index contributed by atoms with van der Waals surface area (Å²) in [4.78, 5) is 2.57. The van der Waals surface area contributed by atoms with Gasteiger partial charge in [0.2, 0.25) is 0 Å². The van der Waals surface area contributed by atoms with E-state index in [0.717, 1.165) is 37.8 Å². The second-order valence-electron chi connectivity index (χ2n) is 5.81. The molecule has 1 heterocycles. The number of piperidine rings is 1. The molecule has 0 bridgehead atoms. The normalized spacial score (nSPS) is 31.9. The van der Waals surface area contributed by atoms with Crippen LogP contribution in [-0.4, -0.2) is 24.5 Å². The molecular formula is C15H24N2. The van der Waals surface area contributed by atoms with Crippen molar-refractivity contribution in [2.75, 3.05) is 19.6 Å². The van der Waals surface area contributed by atoms with Crippen molar-refractivity contribution in [3.63, 3.8) is 0 Å². The number of hydrogen-bond acceptors (Lipinski definition) is 2. The second kappa shape index (κ2) is 5.69. The average Bonchev–Trinajstić information content (AvgIpc) is 2.35. The zero-order chi connectivity index (χ0) is 12.3.